The van der Waals surface area contributed by atoms with Crippen LogP contribution in [-0.2, 0) is 11.2 Å². The van der Waals surface area contributed by atoms with Gasteiger partial charge in [0.25, 0.3) is 0 Å². The highest BCUT2D eigenvalue weighted by atomic mass is 16.1. The normalized spacial score (nSPS) is 9.31. The fourth-order valence-electron chi connectivity index (χ4n) is 1.29. The molecule has 0 unspecified atom stereocenters. The molecule has 1 rings (SSSR count). The van der Waals surface area contributed by atoms with Crippen LogP contribution in [0.25, 0.3) is 10.4 Å². The molecular weight excluding hydrogens is 204 g/mol. The lowest BCUT2D eigenvalue weighted by Gasteiger charge is -2.05. The molecule has 1 aromatic rings. The number of amides is 1. The molecule has 5 nitrogen and oxygen atoms in total. The van der Waals surface area contributed by atoms with Gasteiger partial charge in [-0.15, -0.1) is 0 Å². The van der Waals surface area contributed by atoms with Crippen LogP contribution >= 0.6 is 0 Å². The van der Waals surface area contributed by atoms with Crippen LogP contribution in [0.15, 0.2) is 29.4 Å². The second-order valence-electron chi connectivity index (χ2n) is 3.31. The van der Waals surface area contributed by atoms with Gasteiger partial charge in [-0.25, -0.2) is 0 Å². The summed E-state index contributed by atoms with van der Waals surface area (Å²) in [6.07, 6.45) is 1.14. The molecule has 0 bridgehead atoms. The molecule has 84 valence electrons. The summed E-state index contributed by atoms with van der Waals surface area (Å²) in [5.74, 6) is -0.138. The highest BCUT2D eigenvalue weighted by molar-refractivity contribution is 5.90. The molecular formula is C11H14N4O. The van der Waals surface area contributed by atoms with Crippen LogP contribution < -0.4 is 5.32 Å². The Kier molecular flexibility index (Phi) is 4.89. The third-order valence-corrected chi connectivity index (χ3v) is 2.12. The molecule has 5 heteroatoms. The average Bonchev–Trinajstić information content (AvgIpc) is 2.29. The number of aryl methyl sites for hydroxylation is 1. The van der Waals surface area contributed by atoms with Crippen molar-refractivity contribution in [1.82, 2.24) is 0 Å². The Bertz CT molecular complexity index is 410. The van der Waals surface area contributed by atoms with E-state index in [1.807, 2.05) is 24.3 Å². The quantitative estimate of drug-likeness (QED) is 0.460. The first-order valence-electron chi connectivity index (χ1n) is 5.16. The summed E-state index contributed by atoms with van der Waals surface area (Å²) in [6, 6.07) is 7.69. The number of benzene rings is 1. The molecule has 16 heavy (non-hydrogen) atoms. The molecule has 0 aliphatic carbocycles. The van der Waals surface area contributed by atoms with Gasteiger partial charge in [0.1, 0.15) is 0 Å². The molecule has 0 fully saturated rings. The SMILES string of the molecule is CCc1cccc(NC(=O)CCN=[N+]=[N-])c1. The molecule has 0 aliphatic rings. The van der Waals surface area contributed by atoms with E-state index in [9.17, 15) is 4.79 Å². The fraction of sp³-hybridized carbons (Fsp3) is 0.364. The Morgan fingerprint density at radius 1 is 1.56 bits per heavy atom. The highest BCUT2D eigenvalue weighted by Crippen LogP contribution is 2.11. The van der Waals surface area contributed by atoms with Gasteiger partial charge < -0.3 is 5.32 Å². The predicted octanol–water partition coefficient (Wildman–Crippen LogP) is 2.89. The van der Waals surface area contributed by atoms with Crippen molar-refractivity contribution in [3.63, 3.8) is 0 Å². The number of carbonyl (C=O) groups is 1. The van der Waals surface area contributed by atoms with Gasteiger partial charge in [0, 0.05) is 23.6 Å². The van der Waals surface area contributed by atoms with Crippen molar-refractivity contribution in [3.8, 4) is 0 Å². The first kappa shape index (κ1) is 12.1. The number of azide groups is 1. The Morgan fingerprint density at radius 3 is 3.06 bits per heavy atom. The lowest BCUT2D eigenvalue weighted by atomic mass is 10.1. The van der Waals surface area contributed by atoms with Gasteiger partial charge in [-0.3, -0.25) is 4.79 Å². The van der Waals surface area contributed by atoms with Crippen molar-refractivity contribution in [1.29, 1.82) is 0 Å². The van der Waals surface area contributed by atoms with Crippen LogP contribution in [0.3, 0.4) is 0 Å². The maximum atomic E-state index is 11.4. The van der Waals surface area contributed by atoms with Crippen molar-refractivity contribution in [2.45, 2.75) is 19.8 Å². The Morgan fingerprint density at radius 2 is 2.38 bits per heavy atom. The van der Waals surface area contributed by atoms with E-state index < -0.39 is 0 Å². The zero-order chi connectivity index (χ0) is 11.8. The van der Waals surface area contributed by atoms with Crippen molar-refractivity contribution < 1.29 is 4.79 Å². The number of nitrogens with one attached hydrogen (secondary N) is 1. The van der Waals surface area contributed by atoms with E-state index in [-0.39, 0.29) is 18.9 Å². The Hall–Kier alpha value is -2.00. The monoisotopic (exact) mass is 218 g/mol. The molecule has 0 aliphatic heterocycles. The number of carbonyl (C=O) groups excluding carboxylic acids is 1. The maximum absolute atomic E-state index is 11.4. The largest absolute Gasteiger partial charge is 0.326 e. The summed E-state index contributed by atoms with van der Waals surface area (Å²) in [7, 11) is 0. The number of hydrogen-bond donors (Lipinski definition) is 1. The molecule has 0 atom stereocenters. The van der Waals surface area contributed by atoms with Crippen molar-refractivity contribution >= 4 is 11.6 Å². The van der Waals surface area contributed by atoms with Crippen LogP contribution in [0.1, 0.15) is 18.9 Å². The van der Waals surface area contributed by atoms with Crippen LogP contribution in [0.5, 0.6) is 0 Å². The van der Waals surface area contributed by atoms with Gasteiger partial charge >= 0.3 is 0 Å². The standard InChI is InChI=1S/C11H14N4O/c1-2-9-4-3-5-10(8-9)14-11(16)6-7-13-15-12/h3-5,8H,2,6-7H2,1H3,(H,14,16). The topological polar surface area (TPSA) is 77.9 Å². The second-order valence-corrected chi connectivity index (χ2v) is 3.31. The third kappa shape index (κ3) is 4.02. The molecule has 0 aromatic heterocycles. The average molecular weight is 218 g/mol. The minimum absolute atomic E-state index is 0.138. The van der Waals surface area contributed by atoms with Crippen LogP contribution in [0, 0.1) is 0 Å². The van der Waals surface area contributed by atoms with Crippen LogP contribution in [-0.4, -0.2) is 12.5 Å². The fourth-order valence-corrected chi connectivity index (χ4v) is 1.29. The number of anilines is 1. The minimum atomic E-state index is -0.138. The summed E-state index contributed by atoms with van der Waals surface area (Å²) in [6.45, 7) is 2.25. The highest BCUT2D eigenvalue weighted by Gasteiger charge is 2.01. The summed E-state index contributed by atoms with van der Waals surface area (Å²) in [5, 5.41) is 6.06. The van der Waals surface area contributed by atoms with Crippen molar-refractivity contribution in [2.75, 3.05) is 11.9 Å². The predicted molar refractivity (Wildman–Crippen MR) is 63.1 cm³/mol. The van der Waals surface area contributed by atoms with Gasteiger partial charge in [0.15, 0.2) is 0 Å². The molecule has 1 aromatic carbocycles. The zero-order valence-corrected chi connectivity index (χ0v) is 9.18. The second kappa shape index (κ2) is 6.48. The molecule has 0 saturated heterocycles. The van der Waals surface area contributed by atoms with Gasteiger partial charge in [-0.1, -0.05) is 24.2 Å². The van der Waals surface area contributed by atoms with E-state index in [1.54, 1.807) is 0 Å². The van der Waals surface area contributed by atoms with E-state index in [0.29, 0.717) is 0 Å². The summed E-state index contributed by atoms with van der Waals surface area (Å²) in [5.41, 5.74) is 10.0. The maximum Gasteiger partial charge on any atom is 0.224 e. The van der Waals surface area contributed by atoms with Gasteiger partial charge in [-0.2, -0.15) is 0 Å². The molecule has 0 heterocycles. The van der Waals surface area contributed by atoms with Crippen LogP contribution in [0.4, 0.5) is 5.69 Å². The summed E-state index contributed by atoms with van der Waals surface area (Å²) >= 11 is 0. The number of hydrogen-bond acceptors (Lipinski definition) is 2. The molecule has 0 radical (unpaired) electrons. The molecule has 0 spiro atoms. The van der Waals surface area contributed by atoms with Crippen molar-refractivity contribution in [2.24, 2.45) is 5.11 Å². The Balaban J connectivity index is 2.51. The van der Waals surface area contributed by atoms with Gasteiger partial charge in [0.05, 0.1) is 0 Å². The van der Waals surface area contributed by atoms with E-state index in [1.165, 1.54) is 5.56 Å². The zero-order valence-electron chi connectivity index (χ0n) is 9.18. The summed E-state index contributed by atoms with van der Waals surface area (Å²) < 4.78 is 0. The molecule has 1 N–H and O–H groups in total. The smallest absolute Gasteiger partial charge is 0.224 e. The van der Waals surface area contributed by atoms with E-state index >= 15 is 0 Å². The first-order valence-corrected chi connectivity index (χ1v) is 5.16. The Labute approximate surface area is 94.1 Å². The minimum Gasteiger partial charge on any atom is -0.326 e. The van der Waals surface area contributed by atoms with Gasteiger partial charge in [0.2, 0.25) is 5.91 Å². The van der Waals surface area contributed by atoms with Crippen molar-refractivity contribution in [3.05, 3.63) is 40.3 Å². The van der Waals surface area contributed by atoms with E-state index in [2.05, 4.69) is 22.3 Å². The molecule has 1 amide bonds. The van der Waals surface area contributed by atoms with Crippen LogP contribution in [0.2, 0.25) is 0 Å². The number of rotatable bonds is 5. The first-order chi connectivity index (χ1) is 7.76. The molecule has 0 saturated carbocycles. The lowest BCUT2D eigenvalue weighted by molar-refractivity contribution is -0.116. The third-order valence-electron chi connectivity index (χ3n) is 2.12. The van der Waals surface area contributed by atoms with E-state index in [0.717, 1.165) is 12.1 Å². The lowest BCUT2D eigenvalue weighted by Crippen LogP contribution is -2.12. The number of nitrogens with zero attached hydrogens (tertiary/aromatic N) is 3. The summed E-state index contributed by atoms with van der Waals surface area (Å²) in [4.78, 5) is 14.0. The van der Waals surface area contributed by atoms with Gasteiger partial charge in [-0.05, 0) is 29.6 Å². The van der Waals surface area contributed by atoms with E-state index in [4.69, 9.17) is 5.53 Å².